The van der Waals surface area contributed by atoms with Gasteiger partial charge in [0.15, 0.2) is 0 Å². The minimum Gasteiger partial charge on any atom is -0.288 e. The lowest BCUT2D eigenvalue weighted by Crippen LogP contribution is -2.00. The second kappa shape index (κ2) is 3.79. The number of thiophene rings is 1. The van der Waals surface area contributed by atoms with Gasteiger partial charge in [-0.2, -0.15) is 5.10 Å². The Kier molecular flexibility index (Phi) is 2.63. The molecule has 0 aliphatic carbocycles. The molecule has 0 unspecified atom stereocenters. The number of rotatable bonds is 2. The zero-order chi connectivity index (χ0) is 11.0. The van der Waals surface area contributed by atoms with Gasteiger partial charge in [0.2, 0.25) is 5.78 Å². The molecule has 0 saturated heterocycles. The number of carbonyl (C=O) groups is 1. The lowest BCUT2D eigenvalue weighted by atomic mass is 10.1. The van der Waals surface area contributed by atoms with Crippen molar-refractivity contribution in [1.82, 2.24) is 9.78 Å². The fourth-order valence-electron chi connectivity index (χ4n) is 1.42. The van der Waals surface area contributed by atoms with Crippen LogP contribution in [0.4, 0.5) is 0 Å². The SMILES string of the molecule is Cc1nn(C)c(Cl)c1C(=O)c1cccs1. The molecule has 5 heteroatoms. The standard InChI is InChI=1S/C10H9ClN2OS/c1-6-8(10(11)13(2)12-6)9(14)7-4-3-5-15-7/h3-5H,1-2H3. The van der Waals surface area contributed by atoms with Gasteiger partial charge in [-0.25, -0.2) is 0 Å². The number of ketones is 1. The van der Waals surface area contributed by atoms with E-state index in [1.54, 1.807) is 20.0 Å². The van der Waals surface area contributed by atoms with Crippen LogP contribution in [0.15, 0.2) is 17.5 Å². The average Bonchev–Trinajstić information content (AvgIpc) is 2.76. The maximum absolute atomic E-state index is 12.0. The second-order valence-electron chi connectivity index (χ2n) is 3.18. The number of hydrogen-bond acceptors (Lipinski definition) is 3. The molecular formula is C10H9ClN2OS. The van der Waals surface area contributed by atoms with E-state index in [1.807, 2.05) is 11.4 Å². The summed E-state index contributed by atoms with van der Waals surface area (Å²) in [7, 11) is 1.72. The first kappa shape index (κ1) is 10.4. The van der Waals surface area contributed by atoms with Crippen molar-refractivity contribution in [2.45, 2.75) is 6.92 Å². The Balaban J connectivity index is 2.51. The molecule has 0 radical (unpaired) electrons. The normalized spacial score (nSPS) is 10.6. The highest BCUT2D eigenvalue weighted by Gasteiger charge is 2.20. The molecule has 0 bridgehead atoms. The van der Waals surface area contributed by atoms with Crippen molar-refractivity contribution < 1.29 is 4.79 Å². The Morgan fingerprint density at radius 2 is 2.33 bits per heavy atom. The summed E-state index contributed by atoms with van der Waals surface area (Å²) in [6.45, 7) is 1.78. The topological polar surface area (TPSA) is 34.9 Å². The van der Waals surface area contributed by atoms with Gasteiger partial charge in [-0.15, -0.1) is 11.3 Å². The summed E-state index contributed by atoms with van der Waals surface area (Å²) in [6.07, 6.45) is 0. The van der Waals surface area contributed by atoms with Crippen LogP contribution in [0, 0.1) is 6.92 Å². The first-order chi connectivity index (χ1) is 7.11. The van der Waals surface area contributed by atoms with Crippen molar-refractivity contribution in [2.75, 3.05) is 0 Å². The highest BCUT2D eigenvalue weighted by atomic mass is 35.5. The van der Waals surface area contributed by atoms with Crippen LogP contribution in [0.1, 0.15) is 20.9 Å². The summed E-state index contributed by atoms with van der Waals surface area (Å²) in [5.41, 5.74) is 1.17. The zero-order valence-corrected chi connectivity index (χ0v) is 9.89. The molecule has 2 aromatic rings. The van der Waals surface area contributed by atoms with Crippen molar-refractivity contribution in [3.05, 3.63) is 38.8 Å². The maximum Gasteiger partial charge on any atom is 0.207 e. The Bertz CT molecular complexity index is 502. The van der Waals surface area contributed by atoms with E-state index in [2.05, 4.69) is 5.10 Å². The van der Waals surface area contributed by atoms with Crippen LogP contribution < -0.4 is 0 Å². The molecule has 78 valence electrons. The third-order valence-electron chi connectivity index (χ3n) is 2.12. The van der Waals surface area contributed by atoms with Gasteiger partial charge in [0.1, 0.15) is 5.15 Å². The molecule has 15 heavy (non-hydrogen) atoms. The molecule has 3 nitrogen and oxygen atoms in total. The first-order valence-corrected chi connectivity index (χ1v) is 5.64. The number of nitrogens with zero attached hydrogens (tertiary/aromatic N) is 2. The number of halogens is 1. The van der Waals surface area contributed by atoms with Crippen LogP contribution in [0.25, 0.3) is 0 Å². The lowest BCUT2D eigenvalue weighted by Gasteiger charge is -1.96. The minimum atomic E-state index is -0.0550. The van der Waals surface area contributed by atoms with Gasteiger partial charge < -0.3 is 0 Å². The summed E-state index contributed by atoms with van der Waals surface area (Å²) >= 11 is 7.42. The molecule has 0 aromatic carbocycles. The lowest BCUT2D eigenvalue weighted by molar-refractivity contribution is 0.104. The summed E-state index contributed by atoms with van der Waals surface area (Å²) in [5, 5.41) is 6.37. The Morgan fingerprint density at radius 3 is 2.80 bits per heavy atom. The number of aromatic nitrogens is 2. The van der Waals surface area contributed by atoms with Crippen molar-refractivity contribution in [3.8, 4) is 0 Å². The molecule has 0 aliphatic rings. The fraction of sp³-hybridized carbons (Fsp3) is 0.200. The summed E-state index contributed by atoms with van der Waals surface area (Å²) in [4.78, 5) is 12.7. The molecule has 2 heterocycles. The van der Waals surface area contributed by atoms with Gasteiger partial charge in [-0.3, -0.25) is 9.48 Å². The molecule has 0 spiro atoms. The van der Waals surface area contributed by atoms with Crippen LogP contribution in [-0.4, -0.2) is 15.6 Å². The monoisotopic (exact) mass is 240 g/mol. The molecule has 0 amide bonds. The Labute approximate surface area is 96.3 Å². The number of hydrogen-bond donors (Lipinski definition) is 0. The van der Waals surface area contributed by atoms with Gasteiger partial charge in [-0.1, -0.05) is 17.7 Å². The van der Waals surface area contributed by atoms with Gasteiger partial charge in [0.05, 0.1) is 16.1 Å². The van der Waals surface area contributed by atoms with Crippen LogP contribution in [-0.2, 0) is 7.05 Å². The van der Waals surface area contributed by atoms with Crippen molar-refractivity contribution in [3.63, 3.8) is 0 Å². The number of aryl methyl sites for hydroxylation is 2. The van der Waals surface area contributed by atoms with Gasteiger partial charge in [-0.05, 0) is 18.4 Å². The quantitative estimate of drug-likeness (QED) is 0.757. The molecule has 0 fully saturated rings. The van der Waals surface area contributed by atoms with Gasteiger partial charge in [0, 0.05) is 7.05 Å². The van der Waals surface area contributed by atoms with E-state index in [4.69, 9.17) is 11.6 Å². The summed E-state index contributed by atoms with van der Waals surface area (Å²) in [5.74, 6) is -0.0550. The third-order valence-corrected chi connectivity index (χ3v) is 3.43. The second-order valence-corrected chi connectivity index (χ2v) is 4.49. The van der Waals surface area contributed by atoms with E-state index in [9.17, 15) is 4.79 Å². The Morgan fingerprint density at radius 1 is 1.60 bits per heavy atom. The fourth-order valence-corrected chi connectivity index (χ4v) is 2.35. The molecule has 0 saturated carbocycles. The molecular weight excluding hydrogens is 232 g/mol. The van der Waals surface area contributed by atoms with Crippen molar-refractivity contribution in [1.29, 1.82) is 0 Å². The molecule has 0 aliphatic heterocycles. The zero-order valence-electron chi connectivity index (χ0n) is 8.32. The molecule has 2 aromatic heterocycles. The predicted octanol–water partition coefficient (Wildman–Crippen LogP) is 2.67. The smallest absolute Gasteiger partial charge is 0.207 e. The van der Waals surface area contributed by atoms with Crippen LogP contribution >= 0.6 is 22.9 Å². The van der Waals surface area contributed by atoms with Gasteiger partial charge >= 0.3 is 0 Å². The van der Waals surface area contributed by atoms with E-state index in [0.29, 0.717) is 21.3 Å². The maximum atomic E-state index is 12.0. The highest BCUT2D eigenvalue weighted by molar-refractivity contribution is 7.12. The molecule has 0 N–H and O–H groups in total. The van der Waals surface area contributed by atoms with E-state index >= 15 is 0 Å². The highest BCUT2D eigenvalue weighted by Crippen LogP contribution is 2.23. The largest absolute Gasteiger partial charge is 0.288 e. The molecule has 0 atom stereocenters. The van der Waals surface area contributed by atoms with Gasteiger partial charge in [0.25, 0.3) is 0 Å². The van der Waals surface area contributed by atoms with Crippen LogP contribution in [0.5, 0.6) is 0 Å². The minimum absolute atomic E-state index is 0.0550. The summed E-state index contributed by atoms with van der Waals surface area (Å²) in [6, 6.07) is 3.63. The van der Waals surface area contributed by atoms with E-state index in [1.165, 1.54) is 16.0 Å². The van der Waals surface area contributed by atoms with Crippen LogP contribution in [0.2, 0.25) is 5.15 Å². The van der Waals surface area contributed by atoms with E-state index in [-0.39, 0.29) is 5.78 Å². The Hall–Kier alpha value is -1.13. The predicted molar refractivity (Wildman–Crippen MR) is 60.7 cm³/mol. The third kappa shape index (κ3) is 1.70. The number of carbonyl (C=O) groups excluding carboxylic acids is 1. The van der Waals surface area contributed by atoms with E-state index < -0.39 is 0 Å². The molecule has 2 rings (SSSR count). The van der Waals surface area contributed by atoms with Crippen molar-refractivity contribution in [2.24, 2.45) is 7.05 Å². The summed E-state index contributed by atoms with van der Waals surface area (Å²) < 4.78 is 1.51. The first-order valence-electron chi connectivity index (χ1n) is 4.38. The van der Waals surface area contributed by atoms with Crippen LogP contribution in [0.3, 0.4) is 0 Å². The average molecular weight is 241 g/mol. The van der Waals surface area contributed by atoms with Crippen molar-refractivity contribution >= 4 is 28.7 Å². The van der Waals surface area contributed by atoms with E-state index in [0.717, 1.165) is 0 Å².